The second-order valence-electron chi connectivity index (χ2n) is 2.73. The van der Waals surface area contributed by atoms with Gasteiger partial charge in [0, 0.05) is 5.56 Å². The van der Waals surface area contributed by atoms with Gasteiger partial charge in [-0.3, -0.25) is 4.79 Å². The van der Waals surface area contributed by atoms with Crippen LogP contribution in [0.2, 0.25) is 0 Å². The Balaban J connectivity index is 3.50. The summed E-state index contributed by atoms with van der Waals surface area (Å²) >= 11 is 0. The highest BCUT2D eigenvalue weighted by Gasteiger charge is 2.10. The highest BCUT2D eigenvalue weighted by Crippen LogP contribution is 2.16. The Kier molecular flexibility index (Phi) is 2.22. The Morgan fingerprint density at radius 1 is 1.17 bits per heavy atom. The third-order valence-corrected chi connectivity index (χ3v) is 1.95. The van der Waals surface area contributed by atoms with E-state index >= 15 is 0 Å². The molecular weight excluding hydrogens is 156 g/mol. The van der Waals surface area contributed by atoms with Gasteiger partial charge in [0.15, 0.2) is 5.43 Å². The Morgan fingerprint density at radius 2 is 1.75 bits per heavy atom. The number of ether oxygens (including phenoxy) is 1. The molecule has 0 aliphatic heterocycles. The maximum Gasteiger partial charge on any atom is 0.291 e. The first-order valence-corrected chi connectivity index (χ1v) is 3.72. The Morgan fingerprint density at radius 3 is 2.25 bits per heavy atom. The zero-order valence-corrected chi connectivity index (χ0v) is 7.72. The normalized spacial score (nSPS) is 10.0. The van der Waals surface area contributed by atoms with Crippen molar-refractivity contribution in [2.24, 2.45) is 0 Å². The van der Waals surface area contributed by atoms with Gasteiger partial charge in [-0.2, -0.15) is 0 Å². The van der Waals surface area contributed by atoms with Crippen molar-refractivity contribution < 1.29 is 9.15 Å². The Hall–Kier alpha value is -1.25. The molecule has 0 saturated heterocycles. The van der Waals surface area contributed by atoms with E-state index in [1.807, 2.05) is 0 Å². The minimum Gasteiger partial charge on any atom is -0.468 e. The van der Waals surface area contributed by atoms with Crippen LogP contribution < -0.4 is 10.2 Å². The summed E-state index contributed by atoms with van der Waals surface area (Å²) in [5, 5.41) is 0. The van der Waals surface area contributed by atoms with E-state index in [2.05, 4.69) is 0 Å². The SMILES string of the molecule is COc1oc(C)c(C)c(=O)c1C. The van der Waals surface area contributed by atoms with Crippen molar-refractivity contribution in [1.82, 2.24) is 0 Å². The fourth-order valence-corrected chi connectivity index (χ4v) is 1.02. The number of rotatable bonds is 1. The third kappa shape index (κ3) is 1.22. The molecule has 1 rings (SSSR count). The van der Waals surface area contributed by atoms with Crippen molar-refractivity contribution >= 4 is 0 Å². The molecule has 0 amide bonds. The first kappa shape index (κ1) is 8.84. The van der Waals surface area contributed by atoms with E-state index in [-0.39, 0.29) is 5.43 Å². The molecule has 0 atom stereocenters. The van der Waals surface area contributed by atoms with Crippen molar-refractivity contribution in [3.63, 3.8) is 0 Å². The fraction of sp³-hybridized carbons (Fsp3) is 0.444. The molecule has 0 N–H and O–H groups in total. The molecule has 3 heteroatoms. The lowest BCUT2D eigenvalue weighted by molar-refractivity contribution is 0.283. The van der Waals surface area contributed by atoms with Crippen LogP contribution in [-0.2, 0) is 0 Å². The zero-order valence-electron chi connectivity index (χ0n) is 7.72. The van der Waals surface area contributed by atoms with E-state index in [1.165, 1.54) is 7.11 Å². The molecule has 0 aromatic carbocycles. The molecule has 1 aromatic heterocycles. The van der Waals surface area contributed by atoms with Crippen LogP contribution in [0.15, 0.2) is 9.21 Å². The molecule has 3 nitrogen and oxygen atoms in total. The largest absolute Gasteiger partial charge is 0.468 e. The van der Waals surface area contributed by atoms with Crippen LogP contribution in [0.1, 0.15) is 16.9 Å². The lowest BCUT2D eigenvalue weighted by Gasteiger charge is -2.05. The van der Waals surface area contributed by atoms with Crippen molar-refractivity contribution in [2.75, 3.05) is 7.11 Å². The van der Waals surface area contributed by atoms with Gasteiger partial charge >= 0.3 is 0 Å². The van der Waals surface area contributed by atoms with Crippen molar-refractivity contribution in [1.29, 1.82) is 0 Å². The summed E-state index contributed by atoms with van der Waals surface area (Å²) in [7, 11) is 1.49. The summed E-state index contributed by atoms with van der Waals surface area (Å²) in [6, 6.07) is 0. The first-order chi connectivity index (χ1) is 5.57. The highest BCUT2D eigenvalue weighted by atomic mass is 16.6. The average molecular weight is 168 g/mol. The van der Waals surface area contributed by atoms with Gasteiger partial charge in [-0.15, -0.1) is 0 Å². The molecule has 0 aliphatic carbocycles. The number of hydrogen-bond acceptors (Lipinski definition) is 3. The molecule has 0 fully saturated rings. The van der Waals surface area contributed by atoms with Crippen molar-refractivity contribution in [3.05, 3.63) is 27.1 Å². The van der Waals surface area contributed by atoms with Crippen LogP contribution in [0.3, 0.4) is 0 Å². The van der Waals surface area contributed by atoms with E-state index in [0.29, 0.717) is 22.8 Å². The van der Waals surface area contributed by atoms with E-state index in [4.69, 9.17) is 9.15 Å². The summed E-state index contributed by atoms with van der Waals surface area (Å²) < 4.78 is 10.1. The van der Waals surface area contributed by atoms with Gasteiger partial charge in [-0.1, -0.05) is 0 Å². The molecule has 0 bridgehead atoms. The second kappa shape index (κ2) is 3.01. The van der Waals surface area contributed by atoms with Gasteiger partial charge in [0.2, 0.25) is 0 Å². The van der Waals surface area contributed by atoms with Crippen molar-refractivity contribution in [3.8, 4) is 5.95 Å². The van der Waals surface area contributed by atoms with Gasteiger partial charge in [0.25, 0.3) is 5.95 Å². The van der Waals surface area contributed by atoms with Crippen LogP contribution in [0.25, 0.3) is 0 Å². The summed E-state index contributed by atoms with van der Waals surface area (Å²) in [5.74, 6) is 0.922. The smallest absolute Gasteiger partial charge is 0.291 e. The standard InChI is InChI=1S/C9H12O3/c1-5-7(3)12-9(11-4)6(2)8(5)10/h1-4H3. The summed E-state index contributed by atoms with van der Waals surface area (Å²) in [4.78, 5) is 11.4. The molecule has 66 valence electrons. The fourth-order valence-electron chi connectivity index (χ4n) is 1.02. The summed E-state index contributed by atoms with van der Waals surface area (Å²) in [6.07, 6.45) is 0. The van der Waals surface area contributed by atoms with Crippen LogP contribution in [-0.4, -0.2) is 7.11 Å². The van der Waals surface area contributed by atoms with Crippen LogP contribution >= 0.6 is 0 Å². The lowest BCUT2D eigenvalue weighted by Crippen LogP contribution is -2.11. The number of methoxy groups -OCH3 is 1. The Labute approximate surface area is 71.0 Å². The number of hydrogen-bond donors (Lipinski definition) is 0. The van der Waals surface area contributed by atoms with Gasteiger partial charge in [0.05, 0.1) is 12.7 Å². The van der Waals surface area contributed by atoms with E-state index in [9.17, 15) is 4.79 Å². The van der Waals surface area contributed by atoms with Crippen molar-refractivity contribution in [2.45, 2.75) is 20.8 Å². The van der Waals surface area contributed by atoms with E-state index in [1.54, 1.807) is 20.8 Å². The molecule has 0 aliphatic rings. The lowest BCUT2D eigenvalue weighted by atomic mass is 10.2. The molecule has 0 saturated carbocycles. The van der Waals surface area contributed by atoms with Crippen LogP contribution in [0.4, 0.5) is 0 Å². The van der Waals surface area contributed by atoms with Crippen LogP contribution in [0.5, 0.6) is 5.95 Å². The molecule has 1 aromatic rings. The monoisotopic (exact) mass is 168 g/mol. The molecule has 1 heterocycles. The molecule has 0 radical (unpaired) electrons. The topological polar surface area (TPSA) is 39.4 Å². The zero-order chi connectivity index (χ0) is 9.30. The van der Waals surface area contributed by atoms with Gasteiger partial charge in [-0.25, -0.2) is 0 Å². The van der Waals surface area contributed by atoms with Gasteiger partial charge in [-0.05, 0) is 20.8 Å². The maximum atomic E-state index is 11.4. The summed E-state index contributed by atoms with van der Waals surface area (Å²) in [6.45, 7) is 5.18. The number of aryl methyl sites for hydroxylation is 1. The van der Waals surface area contributed by atoms with Crippen LogP contribution in [0, 0.1) is 20.8 Å². The van der Waals surface area contributed by atoms with E-state index in [0.717, 1.165) is 0 Å². The highest BCUT2D eigenvalue weighted by molar-refractivity contribution is 5.28. The van der Waals surface area contributed by atoms with Gasteiger partial charge < -0.3 is 9.15 Å². The molecule has 0 unspecified atom stereocenters. The molecule has 12 heavy (non-hydrogen) atoms. The minimum absolute atomic E-state index is 0.00407. The van der Waals surface area contributed by atoms with E-state index < -0.39 is 0 Å². The summed E-state index contributed by atoms with van der Waals surface area (Å²) in [5.41, 5.74) is 1.17. The maximum absolute atomic E-state index is 11.4. The Bertz CT molecular complexity index is 350. The predicted molar refractivity (Wildman–Crippen MR) is 45.7 cm³/mol. The second-order valence-corrected chi connectivity index (χ2v) is 2.73. The third-order valence-electron chi connectivity index (χ3n) is 1.95. The average Bonchev–Trinajstić information content (AvgIpc) is 2.08. The molecule has 0 spiro atoms. The molecular formula is C9H12O3. The quantitative estimate of drug-likeness (QED) is 0.639. The minimum atomic E-state index is -0.00407. The predicted octanol–water partition coefficient (Wildman–Crippen LogP) is 1.57. The first-order valence-electron chi connectivity index (χ1n) is 3.72. The van der Waals surface area contributed by atoms with Gasteiger partial charge in [0.1, 0.15) is 5.76 Å².